The van der Waals surface area contributed by atoms with Crippen molar-refractivity contribution >= 4 is 21.6 Å². The van der Waals surface area contributed by atoms with E-state index in [4.69, 9.17) is 4.74 Å². The van der Waals surface area contributed by atoms with Gasteiger partial charge < -0.3 is 4.74 Å². The van der Waals surface area contributed by atoms with E-state index in [-0.39, 0.29) is 43.3 Å². The molecule has 4 rings (SSSR count). The van der Waals surface area contributed by atoms with Gasteiger partial charge in [0.1, 0.15) is 29.1 Å². The third-order valence-electron chi connectivity index (χ3n) is 6.40. The SMILES string of the molecule is CCS(=O)(=O)N1CC2(CC(=O)C(c3c(C)cc(-c4ccc(F)cn4)cc3OC)C(=O)C2)C1. The fraction of sp³-hybridized carbons (Fsp3) is 0.435. The maximum absolute atomic E-state index is 13.2. The predicted molar refractivity (Wildman–Crippen MR) is 116 cm³/mol. The molecule has 0 bridgehead atoms. The van der Waals surface area contributed by atoms with Gasteiger partial charge in [-0.15, -0.1) is 0 Å². The Bertz CT molecular complexity index is 1170. The first-order valence-corrected chi connectivity index (χ1v) is 12.0. The van der Waals surface area contributed by atoms with Crippen LogP contribution >= 0.6 is 0 Å². The van der Waals surface area contributed by atoms with Gasteiger partial charge in [0.2, 0.25) is 10.0 Å². The third kappa shape index (κ3) is 3.84. The van der Waals surface area contributed by atoms with Gasteiger partial charge in [-0.2, -0.15) is 0 Å². The van der Waals surface area contributed by atoms with E-state index < -0.39 is 27.2 Å². The fourth-order valence-corrected chi connectivity index (χ4v) is 6.12. The minimum absolute atomic E-state index is 0.000741. The van der Waals surface area contributed by atoms with Gasteiger partial charge in [-0.3, -0.25) is 14.6 Å². The van der Waals surface area contributed by atoms with Crippen LogP contribution < -0.4 is 4.74 Å². The fourth-order valence-electron chi connectivity index (χ4n) is 4.81. The third-order valence-corrected chi connectivity index (χ3v) is 8.18. The normalized spacial score (nSPS) is 19.2. The van der Waals surface area contributed by atoms with Crippen molar-refractivity contribution in [2.45, 2.75) is 32.6 Å². The molecule has 2 aromatic rings. The standard InChI is InChI=1S/C23H25FN2O5S/c1-4-32(29,30)26-12-23(13-26)9-18(27)22(19(28)10-23)21-14(2)7-15(8-20(21)31-3)17-6-5-16(24)11-25-17/h5-8,11,22H,4,9-10,12-13H2,1-3H3. The first-order valence-electron chi connectivity index (χ1n) is 10.4. The van der Waals surface area contributed by atoms with Crippen molar-refractivity contribution in [1.29, 1.82) is 0 Å². The van der Waals surface area contributed by atoms with Crippen molar-refractivity contribution in [2.24, 2.45) is 5.41 Å². The summed E-state index contributed by atoms with van der Waals surface area (Å²) in [5.41, 5.74) is 1.87. The predicted octanol–water partition coefficient (Wildman–Crippen LogP) is 2.87. The lowest BCUT2D eigenvalue weighted by Gasteiger charge is -2.51. The molecule has 2 fully saturated rings. The zero-order chi connectivity index (χ0) is 23.3. The highest BCUT2D eigenvalue weighted by atomic mass is 32.2. The smallest absolute Gasteiger partial charge is 0.213 e. The van der Waals surface area contributed by atoms with Gasteiger partial charge in [-0.1, -0.05) is 0 Å². The summed E-state index contributed by atoms with van der Waals surface area (Å²) in [4.78, 5) is 30.4. The van der Waals surface area contributed by atoms with Crippen LogP contribution in [-0.4, -0.2) is 55.2 Å². The number of ketones is 2. The number of halogens is 1. The monoisotopic (exact) mass is 460 g/mol. The molecule has 2 aliphatic rings. The average Bonchev–Trinajstić information content (AvgIpc) is 2.72. The number of hydrogen-bond acceptors (Lipinski definition) is 6. The van der Waals surface area contributed by atoms with Crippen LogP contribution in [0.5, 0.6) is 5.75 Å². The molecule has 1 aliphatic heterocycles. The van der Waals surface area contributed by atoms with Crippen LogP contribution in [0, 0.1) is 18.2 Å². The van der Waals surface area contributed by atoms with Gasteiger partial charge in [0.25, 0.3) is 0 Å². The highest BCUT2D eigenvalue weighted by molar-refractivity contribution is 7.89. The van der Waals surface area contributed by atoms with E-state index in [9.17, 15) is 22.4 Å². The first-order chi connectivity index (χ1) is 15.1. The van der Waals surface area contributed by atoms with Crippen LogP contribution in [-0.2, 0) is 19.6 Å². The van der Waals surface area contributed by atoms with Crippen molar-refractivity contribution in [3.63, 3.8) is 0 Å². The zero-order valence-electron chi connectivity index (χ0n) is 18.2. The largest absolute Gasteiger partial charge is 0.496 e. The van der Waals surface area contributed by atoms with Crippen molar-refractivity contribution in [2.75, 3.05) is 26.0 Å². The van der Waals surface area contributed by atoms with Gasteiger partial charge in [-0.05, 0) is 43.7 Å². The maximum Gasteiger partial charge on any atom is 0.213 e. The molecule has 1 saturated heterocycles. The number of nitrogens with zero attached hydrogens (tertiary/aromatic N) is 2. The zero-order valence-corrected chi connectivity index (χ0v) is 19.0. The Hall–Kier alpha value is -2.65. The molecule has 9 heteroatoms. The summed E-state index contributed by atoms with van der Waals surface area (Å²) < 4.78 is 44.2. The number of benzene rings is 1. The van der Waals surface area contributed by atoms with E-state index >= 15 is 0 Å². The molecular formula is C23H25FN2O5S. The molecular weight excluding hydrogens is 435 g/mol. The highest BCUT2D eigenvalue weighted by Gasteiger charge is 2.55. The Balaban J connectivity index is 1.62. The summed E-state index contributed by atoms with van der Waals surface area (Å²) in [5.74, 6) is -1.42. The molecule has 1 aromatic carbocycles. The molecule has 0 atom stereocenters. The molecule has 0 unspecified atom stereocenters. The summed E-state index contributed by atoms with van der Waals surface area (Å²) in [6.45, 7) is 3.79. The number of aromatic nitrogens is 1. The van der Waals surface area contributed by atoms with Gasteiger partial charge in [0.15, 0.2) is 0 Å². The quantitative estimate of drug-likeness (QED) is 0.637. The Labute approximate surface area is 186 Å². The summed E-state index contributed by atoms with van der Waals surface area (Å²) in [7, 11) is -1.86. The van der Waals surface area contributed by atoms with Gasteiger partial charge >= 0.3 is 0 Å². The Morgan fingerprint density at radius 3 is 2.38 bits per heavy atom. The van der Waals surface area contributed by atoms with Crippen molar-refractivity contribution in [3.8, 4) is 17.0 Å². The minimum atomic E-state index is -3.33. The Kier molecular flexibility index (Phi) is 5.67. The molecule has 1 aromatic heterocycles. The van der Waals surface area contributed by atoms with Crippen LogP contribution in [0.1, 0.15) is 36.8 Å². The molecule has 1 spiro atoms. The van der Waals surface area contributed by atoms with E-state index in [0.717, 1.165) is 6.20 Å². The lowest BCUT2D eigenvalue weighted by molar-refractivity contribution is -0.140. The average molecular weight is 461 g/mol. The van der Waals surface area contributed by atoms with Crippen LogP contribution in [0.3, 0.4) is 0 Å². The molecule has 1 saturated carbocycles. The van der Waals surface area contributed by atoms with Crippen LogP contribution in [0.4, 0.5) is 4.39 Å². The van der Waals surface area contributed by atoms with Gasteiger partial charge in [0.05, 0.1) is 24.8 Å². The maximum atomic E-state index is 13.2. The van der Waals surface area contributed by atoms with E-state index in [2.05, 4.69) is 4.98 Å². The number of aryl methyl sites for hydroxylation is 1. The van der Waals surface area contributed by atoms with Crippen molar-refractivity contribution in [1.82, 2.24) is 9.29 Å². The van der Waals surface area contributed by atoms with Crippen LogP contribution in [0.25, 0.3) is 11.3 Å². The molecule has 7 nitrogen and oxygen atoms in total. The number of pyridine rings is 1. The topological polar surface area (TPSA) is 93.6 Å². The molecule has 0 amide bonds. The van der Waals surface area contributed by atoms with E-state index in [0.29, 0.717) is 28.1 Å². The minimum Gasteiger partial charge on any atom is -0.496 e. The molecule has 1 aliphatic carbocycles. The Morgan fingerprint density at radius 2 is 1.84 bits per heavy atom. The summed E-state index contributed by atoms with van der Waals surface area (Å²) in [5, 5.41) is 0. The molecule has 170 valence electrons. The number of sulfonamides is 1. The number of carbonyl (C=O) groups is 2. The number of ether oxygens (including phenoxy) is 1. The Morgan fingerprint density at radius 1 is 1.19 bits per heavy atom. The lowest BCUT2D eigenvalue weighted by Crippen LogP contribution is -2.62. The van der Waals surface area contributed by atoms with Crippen LogP contribution in [0.15, 0.2) is 30.5 Å². The van der Waals surface area contributed by atoms with E-state index in [1.807, 2.05) is 6.07 Å². The van der Waals surface area contributed by atoms with Gasteiger partial charge in [0, 0.05) is 42.5 Å². The lowest BCUT2D eigenvalue weighted by atomic mass is 9.64. The first kappa shape index (κ1) is 22.5. The van der Waals surface area contributed by atoms with Crippen molar-refractivity contribution in [3.05, 3.63) is 47.4 Å². The van der Waals surface area contributed by atoms with E-state index in [1.54, 1.807) is 26.0 Å². The summed E-state index contributed by atoms with van der Waals surface area (Å²) in [6, 6.07) is 6.37. The number of rotatable bonds is 5. The summed E-state index contributed by atoms with van der Waals surface area (Å²) in [6.07, 6.45) is 1.44. The molecule has 0 radical (unpaired) electrons. The number of Topliss-reactive ketones (excluding diaryl/α,β-unsaturated/α-hetero) is 2. The second kappa shape index (κ2) is 8.04. The summed E-state index contributed by atoms with van der Waals surface area (Å²) >= 11 is 0. The number of methoxy groups -OCH3 is 1. The van der Waals surface area contributed by atoms with Crippen molar-refractivity contribution < 1.29 is 27.1 Å². The second-order valence-electron chi connectivity index (χ2n) is 8.66. The highest BCUT2D eigenvalue weighted by Crippen LogP contribution is 2.48. The molecule has 32 heavy (non-hydrogen) atoms. The number of carbonyl (C=O) groups excluding carboxylic acids is 2. The molecule has 0 N–H and O–H groups in total. The van der Waals surface area contributed by atoms with Gasteiger partial charge in [-0.25, -0.2) is 17.1 Å². The van der Waals surface area contributed by atoms with Crippen LogP contribution in [0.2, 0.25) is 0 Å². The number of hydrogen-bond donors (Lipinski definition) is 0. The molecule has 2 heterocycles. The van der Waals surface area contributed by atoms with E-state index in [1.165, 1.54) is 17.5 Å². The second-order valence-corrected chi connectivity index (χ2v) is 10.9.